The minimum absolute atomic E-state index is 0.220. The molecule has 2 rings (SSSR count). The quantitative estimate of drug-likeness (QED) is 0.475. The fraction of sp³-hybridized carbons (Fsp3) is 0.368. The van der Waals surface area contributed by atoms with E-state index in [2.05, 4.69) is 15.9 Å². The van der Waals surface area contributed by atoms with Crippen molar-refractivity contribution in [2.75, 3.05) is 11.9 Å². The smallest absolute Gasteiger partial charge is 0.416 e. The molecule has 2 aromatic carbocycles. The molecule has 2 nitrogen and oxygen atoms in total. The maximum absolute atomic E-state index is 13.0. The lowest BCUT2D eigenvalue weighted by atomic mass is 9.83. The molecule has 0 bridgehead atoms. The highest BCUT2D eigenvalue weighted by Crippen LogP contribution is 2.37. The van der Waals surface area contributed by atoms with Crippen molar-refractivity contribution in [3.63, 3.8) is 0 Å². The molecule has 1 unspecified atom stereocenters. The first-order chi connectivity index (χ1) is 11.8. The first-order valence-corrected chi connectivity index (χ1v) is 9.13. The van der Waals surface area contributed by atoms with Crippen LogP contribution in [0.15, 0.2) is 48.5 Å². The number of halogens is 4. The number of hydrogen-bond acceptors (Lipinski definition) is 2. The number of hydrogen-bond donors (Lipinski definition) is 1. The lowest BCUT2D eigenvalue weighted by Gasteiger charge is -2.29. The van der Waals surface area contributed by atoms with Gasteiger partial charge in [0.1, 0.15) is 11.4 Å². The van der Waals surface area contributed by atoms with Gasteiger partial charge >= 0.3 is 6.18 Å². The van der Waals surface area contributed by atoms with Crippen molar-refractivity contribution < 1.29 is 23.0 Å². The summed E-state index contributed by atoms with van der Waals surface area (Å²) in [6, 6.07) is 11.6. The monoisotopic (exact) mass is 416 g/mol. The molecule has 0 radical (unpaired) electrons. The third kappa shape index (κ3) is 4.76. The molecule has 1 N–H and O–H groups in total. The van der Waals surface area contributed by atoms with Gasteiger partial charge in [-0.25, -0.2) is 0 Å². The van der Waals surface area contributed by atoms with E-state index >= 15 is 0 Å². The summed E-state index contributed by atoms with van der Waals surface area (Å²) in [7, 11) is 0. The van der Waals surface area contributed by atoms with Gasteiger partial charge in [0.2, 0.25) is 0 Å². The molecule has 0 heterocycles. The second-order valence-electron chi connectivity index (χ2n) is 5.71. The highest BCUT2D eigenvalue weighted by Gasteiger charge is 2.34. The van der Waals surface area contributed by atoms with E-state index in [-0.39, 0.29) is 12.0 Å². The van der Waals surface area contributed by atoms with E-state index in [0.29, 0.717) is 17.9 Å². The van der Waals surface area contributed by atoms with Crippen LogP contribution in [0, 0.1) is 0 Å². The molecule has 0 saturated carbocycles. The highest BCUT2D eigenvalue weighted by molar-refractivity contribution is 9.09. The minimum Gasteiger partial charge on any atom is -0.494 e. The zero-order valence-corrected chi connectivity index (χ0v) is 15.4. The van der Waals surface area contributed by atoms with E-state index in [1.165, 1.54) is 12.1 Å². The topological polar surface area (TPSA) is 29.5 Å². The van der Waals surface area contributed by atoms with Crippen molar-refractivity contribution in [1.29, 1.82) is 0 Å². The van der Waals surface area contributed by atoms with Crippen molar-refractivity contribution in [2.45, 2.75) is 31.5 Å². The maximum Gasteiger partial charge on any atom is 0.416 e. The first-order valence-electron chi connectivity index (χ1n) is 8.00. The van der Waals surface area contributed by atoms with Crippen LogP contribution in [0.25, 0.3) is 0 Å². The zero-order valence-electron chi connectivity index (χ0n) is 13.8. The standard InChI is InChI=1S/C19H20BrF3O2/c1-2-18(24,15-5-3-6-16(13-15)19(21,22)23)14-7-9-17(10-8-14)25-12-4-11-20/h3,5-10,13,24H,2,4,11-12H2,1H3. The fourth-order valence-electron chi connectivity index (χ4n) is 2.60. The van der Waals surface area contributed by atoms with Crippen molar-refractivity contribution in [3.05, 3.63) is 65.2 Å². The van der Waals surface area contributed by atoms with Gasteiger partial charge in [-0.2, -0.15) is 13.2 Å². The molecular weight excluding hydrogens is 397 g/mol. The van der Waals surface area contributed by atoms with E-state index in [1.807, 2.05) is 0 Å². The Morgan fingerprint density at radius 1 is 1.00 bits per heavy atom. The first kappa shape index (κ1) is 19.8. The van der Waals surface area contributed by atoms with E-state index in [4.69, 9.17) is 4.74 Å². The van der Waals surface area contributed by atoms with Gasteiger partial charge in [0, 0.05) is 5.33 Å². The zero-order chi connectivity index (χ0) is 18.5. The average Bonchev–Trinajstić information content (AvgIpc) is 2.61. The van der Waals surface area contributed by atoms with Crippen molar-refractivity contribution in [2.24, 2.45) is 0 Å². The van der Waals surface area contributed by atoms with E-state index < -0.39 is 17.3 Å². The van der Waals surface area contributed by atoms with Crippen LogP contribution >= 0.6 is 15.9 Å². The number of aliphatic hydroxyl groups is 1. The lowest BCUT2D eigenvalue weighted by molar-refractivity contribution is -0.137. The van der Waals surface area contributed by atoms with Crippen LogP contribution in [0.1, 0.15) is 36.5 Å². The van der Waals surface area contributed by atoms with Crippen LogP contribution in [0.4, 0.5) is 13.2 Å². The number of benzene rings is 2. The summed E-state index contributed by atoms with van der Waals surface area (Å²) in [6.07, 6.45) is -3.33. The van der Waals surface area contributed by atoms with Crippen LogP contribution in [0.2, 0.25) is 0 Å². The van der Waals surface area contributed by atoms with Crippen LogP contribution in [0.3, 0.4) is 0 Å². The Morgan fingerprint density at radius 3 is 2.20 bits per heavy atom. The summed E-state index contributed by atoms with van der Waals surface area (Å²) in [5, 5.41) is 11.9. The molecule has 0 fully saturated rings. The Hall–Kier alpha value is -1.53. The van der Waals surface area contributed by atoms with Gasteiger partial charge in [-0.15, -0.1) is 0 Å². The molecule has 25 heavy (non-hydrogen) atoms. The van der Waals surface area contributed by atoms with E-state index in [1.54, 1.807) is 31.2 Å². The van der Waals surface area contributed by atoms with Crippen LogP contribution < -0.4 is 4.74 Å². The summed E-state index contributed by atoms with van der Waals surface area (Å²) < 4.78 is 44.4. The summed E-state index contributed by atoms with van der Waals surface area (Å²) in [5.74, 6) is 0.659. The molecule has 6 heteroatoms. The van der Waals surface area contributed by atoms with Crippen molar-refractivity contribution >= 4 is 15.9 Å². The van der Waals surface area contributed by atoms with Gasteiger partial charge in [-0.3, -0.25) is 0 Å². The van der Waals surface area contributed by atoms with Gasteiger partial charge < -0.3 is 9.84 Å². The Kier molecular flexibility index (Phi) is 6.52. The molecule has 0 spiro atoms. The summed E-state index contributed by atoms with van der Waals surface area (Å²) >= 11 is 3.32. The predicted octanol–water partition coefficient (Wildman–Crippen LogP) is 5.52. The molecule has 0 saturated heterocycles. The fourth-order valence-corrected chi connectivity index (χ4v) is 2.83. The molecule has 136 valence electrons. The van der Waals surface area contributed by atoms with Crippen LogP contribution in [0.5, 0.6) is 5.75 Å². The Balaban J connectivity index is 2.30. The van der Waals surface area contributed by atoms with Gasteiger partial charge in [0.25, 0.3) is 0 Å². The van der Waals surface area contributed by atoms with Gasteiger partial charge in [-0.1, -0.05) is 47.1 Å². The predicted molar refractivity (Wildman–Crippen MR) is 95.1 cm³/mol. The minimum atomic E-state index is -4.45. The molecular formula is C19H20BrF3O2. The summed E-state index contributed by atoms with van der Waals surface area (Å²) in [4.78, 5) is 0. The molecule has 0 aliphatic heterocycles. The molecule has 0 aromatic heterocycles. The van der Waals surface area contributed by atoms with Gasteiger partial charge in [0.15, 0.2) is 0 Å². The third-order valence-corrected chi connectivity index (χ3v) is 4.62. The molecule has 0 aliphatic rings. The van der Waals surface area contributed by atoms with Gasteiger partial charge in [0.05, 0.1) is 12.2 Å². The van der Waals surface area contributed by atoms with Crippen molar-refractivity contribution in [1.82, 2.24) is 0 Å². The molecule has 0 amide bonds. The Bertz CT molecular complexity index is 686. The third-order valence-electron chi connectivity index (χ3n) is 4.06. The normalized spacial score (nSPS) is 14.2. The number of alkyl halides is 4. The number of rotatable bonds is 7. The summed E-state index contributed by atoms with van der Waals surface area (Å²) in [5.41, 5.74) is -1.51. The Labute approximate surface area is 153 Å². The molecule has 2 aromatic rings. The number of ether oxygens (including phenoxy) is 1. The van der Waals surface area contributed by atoms with E-state index in [9.17, 15) is 18.3 Å². The lowest BCUT2D eigenvalue weighted by Crippen LogP contribution is -2.26. The second-order valence-corrected chi connectivity index (χ2v) is 6.50. The average molecular weight is 417 g/mol. The highest BCUT2D eigenvalue weighted by atomic mass is 79.9. The summed E-state index contributed by atoms with van der Waals surface area (Å²) in [6.45, 7) is 2.30. The maximum atomic E-state index is 13.0. The SMILES string of the molecule is CCC(O)(c1ccc(OCCCBr)cc1)c1cccc(C(F)(F)F)c1. The largest absolute Gasteiger partial charge is 0.494 e. The van der Waals surface area contributed by atoms with Crippen LogP contribution in [-0.4, -0.2) is 17.0 Å². The van der Waals surface area contributed by atoms with Gasteiger partial charge in [-0.05, 0) is 48.2 Å². The van der Waals surface area contributed by atoms with Crippen LogP contribution in [-0.2, 0) is 11.8 Å². The molecule has 0 aliphatic carbocycles. The van der Waals surface area contributed by atoms with Crippen molar-refractivity contribution in [3.8, 4) is 5.75 Å². The second kappa shape index (κ2) is 8.23. The van der Waals surface area contributed by atoms with E-state index in [0.717, 1.165) is 23.9 Å². The molecule has 1 atom stereocenters. The Morgan fingerprint density at radius 2 is 1.64 bits per heavy atom.